The number of imidazole rings is 2. The summed E-state index contributed by atoms with van der Waals surface area (Å²) in [6.45, 7) is 6.20. The third kappa shape index (κ3) is 4.22. The molecule has 1 aliphatic heterocycles. The van der Waals surface area contributed by atoms with Crippen molar-refractivity contribution < 1.29 is 4.79 Å². The molecule has 0 saturated carbocycles. The number of halogens is 2. The summed E-state index contributed by atoms with van der Waals surface area (Å²) in [5, 5.41) is 0. The molecule has 0 atom stereocenters. The van der Waals surface area contributed by atoms with Crippen molar-refractivity contribution in [3.63, 3.8) is 0 Å². The minimum atomic E-state index is 0. The SMILES string of the molecule is Cc1nc2n(CCN3CCCCC3)c3ccccc3n2c1C(=O)c1ccccc1.Cl.Cl. The number of rotatable bonds is 5. The first-order valence-electron chi connectivity index (χ1n) is 10.5. The first-order chi connectivity index (χ1) is 14.2. The number of para-hydroxylation sites is 2. The average molecular weight is 459 g/mol. The Morgan fingerprint density at radius 1 is 0.871 bits per heavy atom. The molecule has 0 spiro atoms. The predicted molar refractivity (Wildman–Crippen MR) is 130 cm³/mol. The second-order valence-corrected chi connectivity index (χ2v) is 7.92. The van der Waals surface area contributed by atoms with Crippen molar-refractivity contribution in [3.8, 4) is 0 Å². The molecule has 31 heavy (non-hydrogen) atoms. The summed E-state index contributed by atoms with van der Waals surface area (Å²) in [5.41, 5.74) is 4.32. The van der Waals surface area contributed by atoms with Crippen molar-refractivity contribution in [2.45, 2.75) is 32.7 Å². The Morgan fingerprint density at radius 3 is 2.23 bits per heavy atom. The van der Waals surface area contributed by atoms with E-state index in [-0.39, 0.29) is 30.6 Å². The van der Waals surface area contributed by atoms with Gasteiger partial charge in [-0.15, -0.1) is 24.8 Å². The van der Waals surface area contributed by atoms with Gasteiger partial charge >= 0.3 is 0 Å². The van der Waals surface area contributed by atoms with Crippen molar-refractivity contribution in [2.75, 3.05) is 19.6 Å². The molecule has 0 radical (unpaired) electrons. The molecule has 0 aliphatic carbocycles. The second kappa shape index (κ2) is 9.86. The van der Waals surface area contributed by atoms with Crippen LogP contribution >= 0.6 is 24.8 Å². The van der Waals surface area contributed by atoms with E-state index in [0.717, 1.165) is 35.6 Å². The number of hydrogen-bond acceptors (Lipinski definition) is 3. The molecule has 1 saturated heterocycles. The van der Waals surface area contributed by atoms with Gasteiger partial charge in [-0.3, -0.25) is 9.20 Å². The van der Waals surface area contributed by atoms with Crippen LogP contribution in [-0.2, 0) is 6.54 Å². The fraction of sp³-hybridized carbons (Fsp3) is 0.333. The van der Waals surface area contributed by atoms with Crippen LogP contribution in [0.25, 0.3) is 16.8 Å². The lowest BCUT2D eigenvalue weighted by molar-refractivity contribution is 0.103. The van der Waals surface area contributed by atoms with E-state index < -0.39 is 0 Å². The highest BCUT2D eigenvalue weighted by Crippen LogP contribution is 2.26. The Kier molecular flexibility index (Phi) is 7.42. The van der Waals surface area contributed by atoms with Crippen LogP contribution in [-0.4, -0.2) is 44.3 Å². The lowest BCUT2D eigenvalue weighted by Crippen LogP contribution is -2.32. The zero-order valence-electron chi connectivity index (χ0n) is 17.7. The highest BCUT2D eigenvalue weighted by Gasteiger charge is 2.23. The van der Waals surface area contributed by atoms with Gasteiger partial charge in [0.2, 0.25) is 11.6 Å². The third-order valence-electron chi connectivity index (χ3n) is 6.03. The van der Waals surface area contributed by atoms with Crippen molar-refractivity contribution in [1.29, 1.82) is 0 Å². The number of hydrogen-bond donors (Lipinski definition) is 0. The number of carbonyl (C=O) groups is 1. The van der Waals surface area contributed by atoms with Crippen LogP contribution in [0.3, 0.4) is 0 Å². The number of aromatic nitrogens is 3. The molecule has 3 heterocycles. The number of likely N-dealkylation sites (tertiary alicyclic amines) is 1. The zero-order valence-corrected chi connectivity index (χ0v) is 19.3. The fourth-order valence-corrected chi connectivity index (χ4v) is 4.55. The summed E-state index contributed by atoms with van der Waals surface area (Å²) in [5.74, 6) is 0.884. The lowest BCUT2D eigenvalue weighted by Gasteiger charge is -2.26. The maximum atomic E-state index is 13.3. The van der Waals surface area contributed by atoms with E-state index >= 15 is 0 Å². The summed E-state index contributed by atoms with van der Waals surface area (Å²) < 4.78 is 4.33. The molecule has 0 bridgehead atoms. The molecule has 4 aromatic rings. The van der Waals surface area contributed by atoms with E-state index in [2.05, 4.69) is 32.1 Å². The summed E-state index contributed by atoms with van der Waals surface area (Å²) >= 11 is 0. The number of benzene rings is 2. The Morgan fingerprint density at radius 2 is 1.52 bits per heavy atom. The van der Waals surface area contributed by atoms with Gasteiger partial charge in [-0.1, -0.05) is 48.9 Å². The van der Waals surface area contributed by atoms with E-state index in [0.29, 0.717) is 11.3 Å². The monoisotopic (exact) mass is 458 g/mol. The highest BCUT2D eigenvalue weighted by molar-refractivity contribution is 6.10. The second-order valence-electron chi connectivity index (χ2n) is 7.92. The van der Waals surface area contributed by atoms with Crippen molar-refractivity contribution in [2.24, 2.45) is 0 Å². The Labute approximate surface area is 194 Å². The normalized spacial score (nSPS) is 14.4. The minimum Gasteiger partial charge on any atom is -0.308 e. The molecule has 5 nitrogen and oxygen atoms in total. The maximum Gasteiger partial charge on any atom is 0.215 e. The molecule has 0 unspecified atom stereocenters. The van der Waals surface area contributed by atoms with E-state index in [1.165, 1.54) is 32.4 Å². The number of nitrogens with zero attached hydrogens (tertiary/aromatic N) is 4. The van der Waals surface area contributed by atoms with E-state index in [4.69, 9.17) is 4.98 Å². The fourth-order valence-electron chi connectivity index (χ4n) is 4.55. The van der Waals surface area contributed by atoms with Crippen LogP contribution in [0, 0.1) is 6.92 Å². The number of piperidine rings is 1. The highest BCUT2D eigenvalue weighted by atomic mass is 35.5. The van der Waals surface area contributed by atoms with Crippen LogP contribution in [0.5, 0.6) is 0 Å². The zero-order chi connectivity index (χ0) is 19.8. The molecule has 2 aromatic carbocycles. The van der Waals surface area contributed by atoms with Crippen LogP contribution in [0.1, 0.15) is 41.0 Å². The van der Waals surface area contributed by atoms with Gasteiger partial charge in [0.1, 0.15) is 5.69 Å². The predicted octanol–water partition coefficient (Wildman–Crippen LogP) is 5.16. The molecular weight excluding hydrogens is 431 g/mol. The molecule has 0 N–H and O–H groups in total. The molecule has 7 heteroatoms. The molecule has 0 amide bonds. The van der Waals surface area contributed by atoms with E-state index in [1.54, 1.807) is 0 Å². The van der Waals surface area contributed by atoms with Crippen LogP contribution < -0.4 is 0 Å². The third-order valence-corrected chi connectivity index (χ3v) is 6.03. The molecule has 5 rings (SSSR count). The summed E-state index contributed by atoms with van der Waals surface area (Å²) in [6, 6.07) is 17.8. The van der Waals surface area contributed by atoms with Crippen molar-refractivity contribution >= 4 is 47.4 Å². The average Bonchev–Trinajstić information content (AvgIpc) is 3.26. The number of carbonyl (C=O) groups excluding carboxylic acids is 1. The number of aryl methyl sites for hydroxylation is 1. The molecule has 164 valence electrons. The first-order valence-corrected chi connectivity index (χ1v) is 10.5. The standard InChI is InChI=1S/C24H26N4O.2ClH/c1-18-22(23(29)19-10-4-2-5-11-19)28-21-13-7-6-12-20(21)27(24(28)25-18)17-16-26-14-8-3-9-15-26;;/h2,4-7,10-13H,3,8-9,14-17H2,1H3;2*1H. The Bertz CT molecular complexity index is 1180. The molecule has 2 aromatic heterocycles. The number of ketones is 1. The smallest absolute Gasteiger partial charge is 0.215 e. The van der Waals surface area contributed by atoms with Gasteiger partial charge < -0.3 is 9.47 Å². The van der Waals surface area contributed by atoms with Crippen LogP contribution in [0.2, 0.25) is 0 Å². The van der Waals surface area contributed by atoms with Gasteiger partial charge in [0, 0.05) is 18.7 Å². The maximum absolute atomic E-state index is 13.3. The Hall–Kier alpha value is -2.34. The number of fused-ring (bicyclic) bond motifs is 3. The summed E-state index contributed by atoms with van der Waals surface area (Å²) in [6.07, 6.45) is 3.93. The van der Waals surface area contributed by atoms with Crippen molar-refractivity contribution in [1.82, 2.24) is 18.9 Å². The quantitative estimate of drug-likeness (QED) is 0.388. The van der Waals surface area contributed by atoms with Gasteiger partial charge in [-0.2, -0.15) is 0 Å². The van der Waals surface area contributed by atoms with Gasteiger partial charge in [-0.05, 0) is 45.0 Å². The minimum absolute atomic E-state index is 0. The van der Waals surface area contributed by atoms with E-state index in [9.17, 15) is 4.79 Å². The summed E-state index contributed by atoms with van der Waals surface area (Å²) in [4.78, 5) is 20.7. The van der Waals surface area contributed by atoms with Gasteiger partial charge in [-0.25, -0.2) is 4.98 Å². The Balaban J connectivity index is 0.00000136. The topological polar surface area (TPSA) is 42.5 Å². The lowest BCUT2D eigenvalue weighted by atomic mass is 10.1. The van der Waals surface area contributed by atoms with Gasteiger partial charge in [0.05, 0.1) is 16.7 Å². The van der Waals surface area contributed by atoms with Gasteiger partial charge in [0.25, 0.3) is 0 Å². The van der Waals surface area contributed by atoms with Gasteiger partial charge in [0.15, 0.2) is 0 Å². The van der Waals surface area contributed by atoms with E-state index in [1.807, 2.05) is 43.3 Å². The molecule has 1 fully saturated rings. The van der Waals surface area contributed by atoms with Crippen molar-refractivity contribution in [3.05, 3.63) is 71.5 Å². The summed E-state index contributed by atoms with van der Waals surface area (Å²) in [7, 11) is 0. The van der Waals surface area contributed by atoms with Crippen LogP contribution in [0.4, 0.5) is 0 Å². The largest absolute Gasteiger partial charge is 0.308 e. The molecular formula is C24H28Cl2N4O. The molecule has 1 aliphatic rings. The van der Waals surface area contributed by atoms with Crippen LogP contribution in [0.15, 0.2) is 54.6 Å². The first kappa shape index (κ1) is 23.3.